The molecule has 10 N–H and O–H groups in total. The summed E-state index contributed by atoms with van der Waals surface area (Å²) >= 11 is 0. The quantitative estimate of drug-likeness (QED) is 0.120. The predicted molar refractivity (Wildman–Crippen MR) is 121 cm³/mol. The number of imidazole rings is 1. The summed E-state index contributed by atoms with van der Waals surface area (Å²) in [5.74, 6) is -3.72. The molecule has 4 amide bonds. The molecule has 0 aliphatic rings. The second-order valence-electron chi connectivity index (χ2n) is 7.82. The van der Waals surface area contributed by atoms with E-state index in [1.807, 2.05) is 0 Å². The molecule has 1 aromatic rings. The van der Waals surface area contributed by atoms with Gasteiger partial charge in [0, 0.05) is 18.3 Å². The number of aromatic amines is 1. The molecule has 0 unspecified atom stereocenters. The van der Waals surface area contributed by atoms with E-state index in [-0.39, 0.29) is 19.4 Å². The Morgan fingerprint density at radius 3 is 2.29 bits per heavy atom. The zero-order valence-corrected chi connectivity index (χ0v) is 19.3. The van der Waals surface area contributed by atoms with Gasteiger partial charge in [-0.25, -0.2) is 9.78 Å². The molecule has 190 valence electrons. The van der Waals surface area contributed by atoms with E-state index in [1.165, 1.54) is 26.4 Å². The van der Waals surface area contributed by atoms with Crippen LogP contribution in [-0.4, -0.2) is 81.9 Å². The number of nitrogens with one attached hydrogen (secondary N) is 5. The Hall–Kier alpha value is -3.52. The molecule has 0 aliphatic heterocycles. The molecular formula is C20H34N8O6. The maximum Gasteiger partial charge on any atom is 0.326 e. The van der Waals surface area contributed by atoms with Gasteiger partial charge in [-0.05, 0) is 39.7 Å². The Bertz CT molecular complexity index is 829. The van der Waals surface area contributed by atoms with Crippen molar-refractivity contribution in [1.82, 2.24) is 31.2 Å². The van der Waals surface area contributed by atoms with Crippen molar-refractivity contribution in [3.05, 3.63) is 18.2 Å². The number of carboxylic acids is 1. The van der Waals surface area contributed by atoms with Gasteiger partial charge >= 0.3 is 5.97 Å². The first-order chi connectivity index (χ1) is 16.0. The van der Waals surface area contributed by atoms with Gasteiger partial charge in [0.15, 0.2) is 0 Å². The van der Waals surface area contributed by atoms with Gasteiger partial charge in [0.05, 0.1) is 18.9 Å². The number of unbranched alkanes of at least 4 members (excludes halogenated alkanes) is 1. The number of hydrogen-bond acceptors (Lipinski definition) is 8. The van der Waals surface area contributed by atoms with Crippen LogP contribution >= 0.6 is 0 Å². The van der Waals surface area contributed by atoms with Gasteiger partial charge in [-0.1, -0.05) is 0 Å². The van der Waals surface area contributed by atoms with Gasteiger partial charge in [0.2, 0.25) is 23.6 Å². The molecule has 34 heavy (non-hydrogen) atoms. The molecule has 0 aromatic carbocycles. The molecule has 14 nitrogen and oxygen atoms in total. The van der Waals surface area contributed by atoms with Crippen molar-refractivity contribution in [2.45, 2.75) is 63.7 Å². The average Bonchev–Trinajstić information content (AvgIpc) is 3.29. The minimum absolute atomic E-state index is 0.0212. The summed E-state index contributed by atoms with van der Waals surface area (Å²) in [4.78, 5) is 67.0. The van der Waals surface area contributed by atoms with Gasteiger partial charge < -0.3 is 42.8 Å². The van der Waals surface area contributed by atoms with E-state index in [9.17, 15) is 29.1 Å². The number of nitrogens with zero attached hydrogens (tertiary/aromatic N) is 1. The fourth-order valence-electron chi connectivity index (χ4n) is 2.83. The van der Waals surface area contributed by atoms with Gasteiger partial charge in [-0.15, -0.1) is 0 Å². The van der Waals surface area contributed by atoms with E-state index in [0.29, 0.717) is 25.1 Å². The number of rotatable bonds is 15. The van der Waals surface area contributed by atoms with Crippen molar-refractivity contribution in [2.75, 3.05) is 13.1 Å². The fraction of sp³-hybridized carbons (Fsp3) is 0.600. The Balaban J connectivity index is 2.70. The molecule has 1 aromatic heterocycles. The number of amides is 4. The number of carbonyl (C=O) groups is 5. The maximum atomic E-state index is 12.7. The van der Waals surface area contributed by atoms with E-state index in [2.05, 4.69) is 31.2 Å². The number of aromatic nitrogens is 2. The van der Waals surface area contributed by atoms with Gasteiger partial charge in [-0.2, -0.15) is 0 Å². The minimum atomic E-state index is -1.25. The van der Waals surface area contributed by atoms with Crippen molar-refractivity contribution < 1.29 is 29.1 Å². The summed E-state index contributed by atoms with van der Waals surface area (Å²) in [7, 11) is 0. The molecule has 0 spiro atoms. The molecule has 0 radical (unpaired) electrons. The molecule has 0 saturated heterocycles. The van der Waals surface area contributed by atoms with Gasteiger partial charge in [-0.3, -0.25) is 19.2 Å². The van der Waals surface area contributed by atoms with Crippen LogP contribution in [-0.2, 0) is 30.4 Å². The summed E-state index contributed by atoms with van der Waals surface area (Å²) in [6.45, 7) is 2.89. The first-order valence-corrected chi connectivity index (χ1v) is 10.9. The smallest absolute Gasteiger partial charge is 0.326 e. The number of carbonyl (C=O) groups excluding carboxylic acids is 4. The van der Waals surface area contributed by atoms with Gasteiger partial charge in [0.1, 0.15) is 18.1 Å². The van der Waals surface area contributed by atoms with Crippen LogP contribution < -0.4 is 32.7 Å². The van der Waals surface area contributed by atoms with E-state index >= 15 is 0 Å². The van der Waals surface area contributed by atoms with Crippen LogP contribution in [0.5, 0.6) is 0 Å². The summed E-state index contributed by atoms with van der Waals surface area (Å²) < 4.78 is 0. The SMILES string of the molecule is C[C@H](N)C(=O)NCC(=O)N[C@@H](CCCCN)C(=O)N[C@@H](C)C(=O)N[C@@H](Cc1cnc[nH]1)C(=O)O. The van der Waals surface area contributed by atoms with Crippen molar-refractivity contribution in [2.24, 2.45) is 11.5 Å². The molecule has 0 aliphatic carbocycles. The molecule has 14 heteroatoms. The maximum absolute atomic E-state index is 12.7. The summed E-state index contributed by atoms with van der Waals surface area (Å²) in [6.07, 6.45) is 4.21. The summed E-state index contributed by atoms with van der Waals surface area (Å²) in [6, 6.07) is -4.09. The van der Waals surface area contributed by atoms with E-state index < -0.39 is 53.8 Å². The van der Waals surface area contributed by atoms with Crippen molar-refractivity contribution >= 4 is 29.6 Å². The highest BCUT2D eigenvalue weighted by Gasteiger charge is 2.27. The van der Waals surface area contributed by atoms with Crippen molar-refractivity contribution in [3.8, 4) is 0 Å². The largest absolute Gasteiger partial charge is 0.480 e. The zero-order chi connectivity index (χ0) is 25.7. The molecular weight excluding hydrogens is 448 g/mol. The average molecular weight is 483 g/mol. The van der Waals surface area contributed by atoms with Crippen LogP contribution in [0.4, 0.5) is 0 Å². The third kappa shape index (κ3) is 10.4. The van der Waals surface area contributed by atoms with E-state index in [4.69, 9.17) is 11.5 Å². The van der Waals surface area contributed by atoms with Crippen LogP contribution in [0.15, 0.2) is 12.5 Å². The lowest BCUT2D eigenvalue weighted by Crippen LogP contribution is -2.56. The van der Waals surface area contributed by atoms with Crippen molar-refractivity contribution in [3.63, 3.8) is 0 Å². The molecule has 0 saturated carbocycles. The number of carboxylic acid groups (broad SMARTS) is 1. The molecule has 0 bridgehead atoms. The first-order valence-electron chi connectivity index (χ1n) is 10.9. The third-order valence-electron chi connectivity index (χ3n) is 4.78. The second kappa shape index (κ2) is 14.6. The fourth-order valence-corrected chi connectivity index (χ4v) is 2.83. The number of nitrogens with two attached hydrogens (primary N) is 2. The summed E-state index contributed by atoms with van der Waals surface area (Å²) in [5.41, 5.74) is 11.4. The van der Waals surface area contributed by atoms with Gasteiger partial charge in [0.25, 0.3) is 0 Å². The Labute approximate surface area is 197 Å². The molecule has 0 fully saturated rings. The van der Waals surface area contributed by atoms with Crippen LogP contribution in [0, 0.1) is 0 Å². The highest BCUT2D eigenvalue weighted by Crippen LogP contribution is 2.03. The molecule has 4 atom stereocenters. The van der Waals surface area contributed by atoms with Crippen LogP contribution in [0.2, 0.25) is 0 Å². The first kappa shape index (κ1) is 28.5. The van der Waals surface area contributed by atoms with Crippen LogP contribution in [0.3, 0.4) is 0 Å². The Morgan fingerprint density at radius 2 is 1.74 bits per heavy atom. The third-order valence-corrected chi connectivity index (χ3v) is 4.78. The van der Waals surface area contributed by atoms with Crippen molar-refractivity contribution in [1.29, 1.82) is 0 Å². The van der Waals surface area contributed by atoms with E-state index in [0.717, 1.165) is 0 Å². The second-order valence-corrected chi connectivity index (χ2v) is 7.82. The number of aliphatic carboxylic acids is 1. The highest BCUT2D eigenvalue weighted by atomic mass is 16.4. The standard InChI is InChI=1S/C20H34N8O6/c1-11(22)17(30)24-9-16(29)27-14(5-3-4-6-21)19(32)26-12(2)18(31)28-15(20(33)34)7-13-8-23-10-25-13/h8,10-12,14-15H,3-7,9,21-22H2,1-2H3,(H,23,25)(H,24,30)(H,26,32)(H,27,29)(H,28,31)(H,33,34)/t11-,12-,14-,15-/m0/s1. The lowest BCUT2D eigenvalue weighted by atomic mass is 10.1. The monoisotopic (exact) mass is 482 g/mol. The number of hydrogen-bond donors (Lipinski definition) is 8. The Morgan fingerprint density at radius 1 is 1.03 bits per heavy atom. The lowest BCUT2D eigenvalue weighted by Gasteiger charge is -2.22. The summed E-state index contributed by atoms with van der Waals surface area (Å²) in [5, 5.41) is 19.1. The topological polar surface area (TPSA) is 234 Å². The van der Waals surface area contributed by atoms with Crippen LogP contribution in [0.1, 0.15) is 38.8 Å². The lowest BCUT2D eigenvalue weighted by molar-refractivity contribution is -0.142. The minimum Gasteiger partial charge on any atom is -0.480 e. The highest BCUT2D eigenvalue weighted by molar-refractivity contribution is 5.94. The van der Waals surface area contributed by atoms with Crippen LogP contribution in [0.25, 0.3) is 0 Å². The molecule has 1 rings (SSSR count). The normalized spacial score (nSPS) is 14.2. The predicted octanol–water partition coefficient (Wildman–Crippen LogP) is -2.90. The molecule has 1 heterocycles. The Kier molecular flexibility index (Phi) is 12.2. The zero-order valence-electron chi connectivity index (χ0n) is 19.3. The van der Waals surface area contributed by atoms with E-state index in [1.54, 1.807) is 0 Å². The number of H-pyrrole nitrogens is 1.